The van der Waals surface area contributed by atoms with E-state index in [1.54, 1.807) is 19.2 Å². The van der Waals surface area contributed by atoms with Gasteiger partial charge in [-0.1, -0.05) is 39.0 Å². The van der Waals surface area contributed by atoms with Crippen molar-refractivity contribution < 1.29 is 13.6 Å². The summed E-state index contributed by atoms with van der Waals surface area (Å²) < 4.78 is 27.3. The van der Waals surface area contributed by atoms with E-state index < -0.39 is 8.32 Å². The lowest BCUT2D eigenvalue weighted by Crippen LogP contribution is -2.53. The van der Waals surface area contributed by atoms with E-state index in [2.05, 4.69) is 67.3 Å². The fourth-order valence-corrected chi connectivity index (χ4v) is 6.93. The lowest BCUT2D eigenvalue weighted by atomic mass is 9.68. The summed E-state index contributed by atoms with van der Waals surface area (Å²) in [6.07, 6.45) is 2.12. The predicted molar refractivity (Wildman–Crippen MR) is 151 cm³/mol. The van der Waals surface area contributed by atoms with Crippen LogP contribution >= 0.6 is 0 Å². The molecule has 0 bridgehead atoms. The Hall–Kier alpha value is -2.19. The van der Waals surface area contributed by atoms with Crippen LogP contribution in [-0.4, -0.2) is 51.6 Å². The topological polar surface area (TPSA) is 49.5 Å². The van der Waals surface area contributed by atoms with E-state index in [1.165, 1.54) is 16.6 Å². The minimum Gasteiger partial charge on any atom is -0.497 e. The molecule has 200 valence electrons. The molecule has 5 rings (SSSR count). The monoisotopic (exact) mass is 523 g/mol. The summed E-state index contributed by atoms with van der Waals surface area (Å²) in [5.41, 5.74) is 4.51. The molecule has 2 N–H and O–H groups in total. The molecule has 0 unspecified atom stereocenters. The zero-order valence-electron chi connectivity index (χ0n) is 23.2. The summed E-state index contributed by atoms with van der Waals surface area (Å²) in [5, 5.41) is 4.96. The Morgan fingerprint density at radius 1 is 1.11 bits per heavy atom. The number of methoxy groups -OCH3 is 1. The summed E-state index contributed by atoms with van der Waals surface area (Å²) in [5.74, 6) is 0.709. The normalized spacial score (nSPS) is 20.4. The Morgan fingerprint density at radius 2 is 1.84 bits per heavy atom. The Bertz CT molecular complexity index is 1260. The summed E-state index contributed by atoms with van der Waals surface area (Å²) in [4.78, 5) is 6.30. The SMILES string of the molecule is COc1ccc2c3c([nH]c2c1)[C@H](CO[Si](C)(C)C(C)(C)C)N(Cc1ccccc1F)CC31CCNCC1. The molecule has 5 nitrogen and oxygen atoms in total. The molecule has 37 heavy (non-hydrogen) atoms. The number of rotatable bonds is 6. The maximum atomic E-state index is 14.9. The third-order valence-electron chi connectivity index (χ3n) is 9.14. The van der Waals surface area contributed by atoms with Gasteiger partial charge in [0.05, 0.1) is 19.8 Å². The number of nitrogens with zero attached hydrogens (tertiary/aromatic N) is 1. The zero-order valence-corrected chi connectivity index (χ0v) is 24.2. The van der Waals surface area contributed by atoms with Gasteiger partial charge < -0.3 is 19.5 Å². The molecule has 7 heteroatoms. The highest BCUT2D eigenvalue weighted by molar-refractivity contribution is 6.74. The maximum Gasteiger partial charge on any atom is 0.192 e. The molecule has 0 aliphatic carbocycles. The Morgan fingerprint density at radius 3 is 2.51 bits per heavy atom. The molecule has 3 heterocycles. The van der Waals surface area contributed by atoms with Crippen molar-refractivity contribution in [3.8, 4) is 5.75 Å². The number of piperidine rings is 1. The van der Waals surface area contributed by atoms with Gasteiger partial charge in [0.25, 0.3) is 0 Å². The maximum absolute atomic E-state index is 14.9. The van der Waals surface area contributed by atoms with Crippen molar-refractivity contribution in [1.29, 1.82) is 0 Å². The molecule has 1 aromatic heterocycles. The lowest BCUT2D eigenvalue weighted by molar-refractivity contribution is 0.0625. The van der Waals surface area contributed by atoms with Gasteiger partial charge in [-0.15, -0.1) is 0 Å². The predicted octanol–water partition coefficient (Wildman–Crippen LogP) is 6.52. The minimum atomic E-state index is -1.99. The average Bonchev–Trinajstić information content (AvgIpc) is 3.24. The van der Waals surface area contributed by atoms with Crippen molar-refractivity contribution in [3.05, 3.63) is 65.1 Å². The van der Waals surface area contributed by atoms with E-state index in [4.69, 9.17) is 9.16 Å². The van der Waals surface area contributed by atoms with Crippen LogP contribution in [0.15, 0.2) is 42.5 Å². The van der Waals surface area contributed by atoms with Crippen molar-refractivity contribution in [2.45, 2.75) is 69.7 Å². The molecule has 0 saturated carbocycles. The number of ether oxygens (including phenoxy) is 1. The van der Waals surface area contributed by atoms with Crippen LogP contribution in [0.5, 0.6) is 5.75 Å². The first kappa shape index (κ1) is 26.4. The molecule has 0 radical (unpaired) electrons. The standard InChI is InChI=1S/C30H42FN3O2Si/c1-29(2,3)37(5,6)36-19-26-28-27(23-12-11-22(35-4)17-25(23)33-28)30(13-15-32-16-14-30)20-34(26)18-21-9-7-8-10-24(21)31/h7-12,17,26,32-33H,13-16,18-20H2,1-6H3/t26-/m0/s1. The number of nitrogens with one attached hydrogen (secondary N) is 2. The second-order valence-corrected chi connectivity index (χ2v) is 17.2. The molecule has 1 saturated heterocycles. The molecule has 0 amide bonds. The van der Waals surface area contributed by atoms with E-state index in [0.717, 1.165) is 49.3 Å². The van der Waals surface area contributed by atoms with E-state index >= 15 is 0 Å². The fourth-order valence-electron chi connectivity index (χ4n) is 5.92. The van der Waals surface area contributed by atoms with Crippen molar-refractivity contribution in [3.63, 3.8) is 0 Å². The van der Waals surface area contributed by atoms with Crippen LogP contribution in [0, 0.1) is 5.82 Å². The Labute approximate surface area is 221 Å². The number of aromatic amines is 1. The summed E-state index contributed by atoms with van der Waals surface area (Å²) in [6.45, 7) is 15.5. The number of hydrogen-bond donors (Lipinski definition) is 2. The van der Waals surface area contributed by atoms with Gasteiger partial charge in [-0.2, -0.15) is 0 Å². The van der Waals surface area contributed by atoms with Crippen molar-refractivity contribution in [2.75, 3.05) is 33.4 Å². The van der Waals surface area contributed by atoms with E-state index in [9.17, 15) is 4.39 Å². The molecular weight excluding hydrogens is 481 g/mol. The lowest BCUT2D eigenvalue weighted by Gasteiger charge is -2.50. The summed E-state index contributed by atoms with van der Waals surface area (Å²) in [7, 11) is -0.276. The second kappa shape index (κ2) is 9.84. The average molecular weight is 524 g/mol. The van der Waals surface area contributed by atoms with E-state index in [0.29, 0.717) is 13.2 Å². The third-order valence-corrected chi connectivity index (χ3v) is 13.6. The van der Waals surface area contributed by atoms with Gasteiger partial charge in [-0.3, -0.25) is 4.90 Å². The molecule has 2 aromatic carbocycles. The molecule has 1 spiro atoms. The number of hydrogen-bond acceptors (Lipinski definition) is 4. The van der Waals surface area contributed by atoms with Crippen LogP contribution in [-0.2, 0) is 16.4 Å². The Balaban J connectivity index is 1.63. The molecular formula is C30H42FN3O2Si. The highest BCUT2D eigenvalue weighted by Crippen LogP contribution is 2.49. The highest BCUT2D eigenvalue weighted by Gasteiger charge is 2.47. The molecule has 1 atom stereocenters. The van der Waals surface area contributed by atoms with Crippen LogP contribution in [0.4, 0.5) is 4.39 Å². The molecule has 1 fully saturated rings. The minimum absolute atomic E-state index is 0.00610. The second-order valence-electron chi connectivity index (χ2n) is 12.4. The number of halogens is 1. The summed E-state index contributed by atoms with van der Waals surface area (Å²) in [6, 6.07) is 13.6. The van der Waals surface area contributed by atoms with Crippen LogP contribution in [0.2, 0.25) is 18.1 Å². The number of aromatic nitrogens is 1. The van der Waals surface area contributed by atoms with Crippen molar-refractivity contribution >= 4 is 19.2 Å². The van der Waals surface area contributed by atoms with Gasteiger partial charge in [0.15, 0.2) is 8.32 Å². The van der Waals surface area contributed by atoms with Gasteiger partial charge in [0, 0.05) is 46.7 Å². The number of benzene rings is 2. The largest absolute Gasteiger partial charge is 0.497 e. The van der Waals surface area contributed by atoms with Crippen molar-refractivity contribution in [2.24, 2.45) is 0 Å². The first-order valence-corrected chi connectivity index (χ1v) is 16.5. The van der Waals surface area contributed by atoms with Crippen LogP contribution in [0.1, 0.15) is 56.5 Å². The zero-order chi connectivity index (χ0) is 26.4. The quantitative estimate of drug-likeness (QED) is 0.361. The van der Waals surface area contributed by atoms with Gasteiger partial charge in [-0.05, 0) is 67.8 Å². The van der Waals surface area contributed by atoms with Gasteiger partial charge in [-0.25, -0.2) is 4.39 Å². The van der Waals surface area contributed by atoms with Gasteiger partial charge in [0.2, 0.25) is 0 Å². The van der Waals surface area contributed by atoms with Crippen LogP contribution in [0.25, 0.3) is 10.9 Å². The van der Waals surface area contributed by atoms with Crippen LogP contribution < -0.4 is 10.1 Å². The van der Waals surface area contributed by atoms with Gasteiger partial charge in [0.1, 0.15) is 11.6 Å². The first-order chi connectivity index (χ1) is 17.5. The van der Waals surface area contributed by atoms with Crippen molar-refractivity contribution in [1.82, 2.24) is 15.2 Å². The van der Waals surface area contributed by atoms with Crippen LogP contribution in [0.3, 0.4) is 0 Å². The third kappa shape index (κ3) is 4.87. The molecule has 2 aliphatic heterocycles. The van der Waals surface area contributed by atoms with Gasteiger partial charge >= 0.3 is 0 Å². The Kier molecular flexibility index (Phi) is 7.03. The molecule has 3 aromatic rings. The van der Waals surface area contributed by atoms with E-state index in [-0.39, 0.29) is 22.3 Å². The fraction of sp³-hybridized carbons (Fsp3) is 0.533. The molecule has 2 aliphatic rings. The smallest absolute Gasteiger partial charge is 0.192 e. The summed E-state index contributed by atoms with van der Waals surface area (Å²) >= 11 is 0. The highest BCUT2D eigenvalue weighted by atomic mass is 28.4. The number of H-pyrrole nitrogens is 1. The first-order valence-electron chi connectivity index (χ1n) is 13.6. The van der Waals surface area contributed by atoms with E-state index in [1.807, 2.05) is 12.1 Å². The number of fused-ring (bicyclic) bond motifs is 4.